The Labute approximate surface area is 176 Å². The number of rotatable bonds is 12. The normalized spacial score (nSPS) is 13.2. The summed E-state index contributed by atoms with van der Waals surface area (Å²) in [4.78, 5) is 0. The molecule has 0 radical (unpaired) electrons. The maximum Gasteiger partial charge on any atom is 0.104 e. The molecule has 0 saturated heterocycles. The van der Waals surface area contributed by atoms with Gasteiger partial charge >= 0.3 is 0 Å². The summed E-state index contributed by atoms with van der Waals surface area (Å²) in [7, 11) is 7.21. The predicted octanol–water partition coefficient (Wildman–Crippen LogP) is 4.95. The lowest BCUT2D eigenvalue weighted by Gasteiger charge is -2.36. The first-order chi connectivity index (χ1) is 13.0. The van der Waals surface area contributed by atoms with E-state index in [2.05, 4.69) is 81.7 Å². The van der Waals surface area contributed by atoms with Crippen molar-refractivity contribution in [1.82, 2.24) is 0 Å². The van der Waals surface area contributed by atoms with Gasteiger partial charge in [0.1, 0.15) is 19.6 Å². The van der Waals surface area contributed by atoms with Crippen molar-refractivity contribution in [3.05, 3.63) is 34.4 Å². The van der Waals surface area contributed by atoms with Crippen LogP contribution < -0.4 is 0 Å². The first-order valence-electron chi connectivity index (χ1n) is 11.6. The van der Waals surface area contributed by atoms with Crippen LogP contribution in [0.2, 0.25) is 0 Å². The lowest BCUT2D eigenvalue weighted by atomic mass is 9.96. The summed E-state index contributed by atoms with van der Waals surface area (Å²) in [6.45, 7) is 26.9. The van der Waals surface area contributed by atoms with Crippen LogP contribution in [-0.4, -0.2) is 73.9 Å². The largest absolute Gasteiger partial charge is 0.323 e. The second-order valence-corrected chi connectivity index (χ2v) is 9.77. The lowest BCUT2D eigenvalue weighted by Crippen LogP contribution is -2.44. The van der Waals surface area contributed by atoms with E-state index >= 15 is 0 Å². The van der Waals surface area contributed by atoms with Crippen LogP contribution in [0.25, 0.3) is 0 Å². The number of nitrogens with zero attached hydrogens (tertiary/aromatic N) is 3. The minimum absolute atomic E-state index is 1.11. The van der Waals surface area contributed by atoms with E-state index in [0.29, 0.717) is 0 Å². The highest BCUT2D eigenvalue weighted by Gasteiger charge is 2.25. The first-order valence-corrected chi connectivity index (χ1v) is 11.6. The van der Waals surface area contributed by atoms with Crippen molar-refractivity contribution in [2.45, 2.75) is 68.1 Å². The number of benzene rings is 1. The van der Waals surface area contributed by atoms with Crippen molar-refractivity contribution in [3.8, 4) is 0 Å². The van der Waals surface area contributed by atoms with Crippen LogP contribution in [0.15, 0.2) is 12.1 Å². The summed E-state index contributed by atoms with van der Waals surface area (Å²) < 4.78 is 3.35. The molecule has 0 aliphatic rings. The molecule has 1 aromatic rings. The van der Waals surface area contributed by atoms with Gasteiger partial charge in [0, 0.05) is 16.7 Å². The third-order valence-electron chi connectivity index (χ3n) is 7.93. The zero-order valence-corrected chi connectivity index (χ0v) is 20.9. The molecule has 1 aromatic carbocycles. The molecule has 0 aliphatic carbocycles. The number of quaternary nitrogens is 3. The zero-order valence-electron chi connectivity index (χ0n) is 20.9. The Morgan fingerprint density at radius 1 is 0.536 bits per heavy atom. The first kappa shape index (κ1) is 25.1. The monoisotopic (exact) mass is 392 g/mol. The van der Waals surface area contributed by atoms with Crippen molar-refractivity contribution in [2.24, 2.45) is 0 Å². The van der Waals surface area contributed by atoms with Crippen LogP contribution >= 0.6 is 0 Å². The van der Waals surface area contributed by atoms with Gasteiger partial charge in [0.25, 0.3) is 0 Å². The van der Waals surface area contributed by atoms with Crippen molar-refractivity contribution < 1.29 is 13.4 Å². The summed E-state index contributed by atoms with van der Waals surface area (Å²) in [5, 5.41) is 0. The fourth-order valence-corrected chi connectivity index (χ4v) is 3.94. The molecule has 0 amide bonds. The van der Waals surface area contributed by atoms with E-state index in [1.165, 1.54) is 50.4 Å². The van der Waals surface area contributed by atoms with Gasteiger partial charge in [0.15, 0.2) is 0 Å². The van der Waals surface area contributed by atoms with Crippen molar-refractivity contribution in [1.29, 1.82) is 0 Å². The molecule has 0 bridgehead atoms. The molecule has 3 nitrogen and oxygen atoms in total. The molecule has 28 heavy (non-hydrogen) atoms. The Kier molecular flexibility index (Phi) is 9.18. The highest BCUT2D eigenvalue weighted by Crippen LogP contribution is 2.26. The van der Waals surface area contributed by atoms with E-state index in [4.69, 9.17) is 0 Å². The molecule has 0 unspecified atom stereocenters. The van der Waals surface area contributed by atoms with Gasteiger partial charge in [-0.05, 0) is 66.2 Å². The molecule has 0 aromatic heterocycles. The molecule has 0 atom stereocenters. The Morgan fingerprint density at radius 3 is 1.11 bits per heavy atom. The molecular weight excluding hydrogens is 342 g/mol. The van der Waals surface area contributed by atoms with E-state index in [1.54, 1.807) is 11.1 Å². The van der Waals surface area contributed by atoms with Gasteiger partial charge < -0.3 is 13.4 Å². The van der Waals surface area contributed by atoms with Gasteiger partial charge in [-0.15, -0.1) is 0 Å². The maximum absolute atomic E-state index is 2.53. The van der Waals surface area contributed by atoms with Gasteiger partial charge in [0.2, 0.25) is 0 Å². The van der Waals surface area contributed by atoms with Crippen LogP contribution in [-0.2, 0) is 19.6 Å². The fraction of sp³-hybridized carbons (Fsp3) is 0.760. The van der Waals surface area contributed by atoms with Crippen LogP contribution in [0.1, 0.15) is 63.8 Å². The SMILES string of the molecule is CC[N+](C)(CC)Cc1cc(C[N+](C)(CC)CC)c(C)c(C[N+](C)(CC)CC)c1. The second-order valence-electron chi connectivity index (χ2n) is 9.77. The van der Waals surface area contributed by atoms with Crippen LogP contribution in [0.5, 0.6) is 0 Å². The van der Waals surface area contributed by atoms with Crippen molar-refractivity contribution in [3.63, 3.8) is 0 Å². The molecule has 0 saturated carbocycles. The topological polar surface area (TPSA) is 0 Å². The highest BCUT2D eigenvalue weighted by atomic mass is 15.3. The third-order valence-corrected chi connectivity index (χ3v) is 7.93. The summed E-state index contributed by atoms with van der Waals surface area (Å²) in [5.41, 5.74) is 6.19. The predicted molar refractivity (Wildman–Crippen MR) is 124 cm³/mol. The lowest BCUT2D eigenvalue weighted by molar-refractivity contribution is -0.920. The van der Waals surface area contributed by atoms with E-state index < -0.39 is 0 Å². The van der Waals surface area contributed by atoms with E-state index in [0.717, 1.165) is 33.1 Å². The quantitative estimate of drug-likeness (QED) is 0.441. The van der Waals surface area contributed by atoms with Gasteiger partial charge in [-0.25, -0.2) is 0 Å². The van der Waals surface area contributed by atoms with E-state index in [1.807, 2.05) is 0 Å². The minimum Gasteiger partial charge on any atom is -0.323 e. The molecule has 0 spiro atoms. The average molecular weight is 393 g/mol. The molecule has 1 rings (SSSR count). The van der Waals surface area contributed by atoms with E-state index in [-0.39, 0.29) is 0 Å². The van der Waals surface area contributed by atoms with Crippen LogP contribution in [0.4, 0.5) is 0 Å². The molecule has 3 heteroatoms. The van der Waals surface area contributed by atoms with Crippen molar-refractivity contribution >= 4 is 0 Å². The molecule has 0 aliphatic heterocycles. The van der Waals surface area contributed by atoms with Crippen LogP contribution in [0, 0.1) is 6.92 Å². The molecule has 0 N–H and O–H groups in total. The molecule has 0 fully saturated rings. The van der Waals surface area contributed by atoms with Gasteiger partial charge in [0.05, 0.1) is 60.4 Å². The summed E-state index contributed by atoms with van der Waals surface area (Å²) in [6, 6.07) is 5.06. The summed E-state index contributed by atoms with van der Waals surface area (Å²) in [6.07, 6.45) is 0. The van der Waals surface area contributed by atoms with Gasteiger partial charge in [-0.1, -0.05) is 0 Å². The van der Waals surface area contributed by atoms with Gasteiger partial charge in [-0.2, -0.15) is 0 Å². The third kappa shape index (κ3) is 6.30. The Balaban J connectivity index is 3.45. The standard InChI is InChI=1S/C25H50N3/c1-11-26(8,12-2)19-23-17-24(20-27(9,13-3)14-4)22(7)25(18-23)21-28(10,15-5)16-6/h17-18H,11-16,19-21H2,1-10H3/q+3. The smallest absolute Gasteiger partial charge is 0.104 e. The minimum atomic E-state index is 1.11. The van der Waals surface area contributed by atoms with Crippen LogP contribution in [0.3, 0.4) is 0 Å². The highest BCUT2D eigenvalue weighted by molar-refractivity contribution is 5.38. The molecule has 162 valence electrons. The average Bonchev–Trinajstić information content (AvgIpc) is 2.70. The zero-order chi connectivity index (χ0) is 21.6. The molecule has 0 heterocycles. The Morgan fingerprint density at radius 2 is 0.821 bits per heavy atom. The van der Waals surface area contributed by atoms with Crippen molar-refractivity contribution in [2.75, 3.05) is 60.4 Å². The maximum atomic E-state index is 2.53. The summed E-state index contributed by atoms with van der Waals surface area (Å²) >= 11 is 0. The summed E-state index contributed by atoms with van der Waals surface area (Å²) in [5.74, 6) is 0. The Bertz CT molecular complexity index is 567. The molecular formula is C25H50N3+3. The second kappa shape index (κ2) is 10.2. The Hall–Kier alpha value is -0.900. The number of hydrogen-bond donors (Lipinski definition) is 0. The van der Waals surface area contributed by atoms with E-state index in [9.17, 15) is 0 Å². The number of hydrogen-bond acceptors (Lipinski definition) is 0. The van der Waals surface area contributed by atoms with Gasteiger partial charge in [-0.3, -0.25) is 0 Å². The fourth-order valence-electron chi connectivity index (χ4n) is 3.94.